The quantitative estimate of drug-likeness (QED) is 0.571. The fourth-order valence-electron chi connectivity index (χ4n) is 4.67. The highest BCUT2D eigenvalue weighted by atomic mass is 32.1. The molecule has 2 aliphatic rings. The van der Waals surface area contributed by atoms with E-state index in [0.717, 1.165) is 35.8 Å². The van der Waals surface area contributed by atoms with Crippen LogP contribution in [0.25, 0.3) is 11.3 Å². The van der Waals surface area contributed by atoms with Crippen molar-refractivity contribution in [2.45, 2.75) is 18.9 Å². The summed E-state index contributed by atoms with van der Waals surface area (Å²) in [6.45, 7) is 3.14. The smallest absolute Gasteiger partial charge is 0.261 e. The van der Waals surface area contributed by atoms with Crippen molar-refractivity contribution >= 4 is 23.2 Å². The molecule has 2 saturated heterocycles. The van der Waals surface area contributed by atoms with Crippen molar-refractivity contribution in [1.29, 1.82) is 0 Å². The molecule has 0 bridgehead atoms. The maximum absolute atomic E-state index is 13.4. The number of aromatic nitrogens is 2. The van der Waals surface area contributed by atoms with Gasteiger partial charge in [0.2, 0.25) is 5.91 Å². The molecule has 2 amide bonds. The van der Waals surface area contributed by atoms with Crippen molar-refractivity contribution in [2.75, 3.05) is 39.3 Å². The molecule has 0 radical (unpaired) electrons. The predicted molar refractivity (Wildman–Crippen MR) is 134 cm³/mol. The second-order valence-corrected chi connectivity index (χ2v) is 9.70. The number of nitrogens with zero attached hydrogens (tertiary/aromatic N) is 4. The zero-order valence-electron chi connectivity index (χ0n) is 19.5. The van der Waals surface area contributed by atoms with Crippen LogP contribution in [-0.4, -0.2) is 70.9 Å². The third-order valence-corrected chi connectivity index (χ3v) is 7.54. The summed E-state index contributed by atoms with van der Waals surface area (Å²) in [5.41, 5.74) is 1.86. The molecule has 2 atom stereocenters. The van der Waals surface area contributed by atoms with Crippen molar-refractivity contribution in [1.82, 2.24) is 25.1 Å². The standard InChI is InChI=1S/C26H29N5O3S/c32-24(17-34-21-4-2-1-3-5-21)31-15-14-30(26(33)20-8-12-28-16-20)13-9-23(31)25-29-22(18-35-25)19-6-10-27-11-7-19/h1-7,10-11,18,20,23,28H,8-9,12-17H2. The summed E-state index contributed by atoms with van der Waals surface area (Å²) in [6.07, 6.45) is 5.01. The van der Waals surface area contributed by atoms with Crippen LogP contribution in [0.4, 0.5) is 0 Å². The average Bonchev–Trinajstić information content (AvgIpc) is 3.57. The van der Waals surface area contributed by atoms with Gasteiger partial charge in [-0.3, -0.25) is 14.6 Å². The van der Waals surface area contributed by atoms with E-state index in [4.69, 9.17) is 9.72 Å². The Morgan fingerprint density at radius 3 is 2.66 bits per heavy atom. The molecule has 9 heteroatoms. The van der Waals surface area contributed by atoms with E-state index < -0.39 is 0 Å². The van der Waals surface area contributed by atoms with Crippen LogP contribution >= 0.6 is 11.3 Å². The van der Waals surface area contributed by atoms with Gasteiger partial charge in [-0.1, -0.05) is 18.2 Å². The van der Waals surface area contributed by atoms with Crippen molar-refractivity contribution in [3.05, 3.63) is 65.2 Å². The number of hydrogen-bond acceptors (Lipinski definition) is 7. The van der Waals surface area contributed by atoms with Gasteiger partial charge in [0.05, 0.1) is 17.7 Å². The van der Waals surface area contributed by atoms with E-state index in [2.05, 4.69) is 10.3 Å². The highest BCUT2D eigenvalue weighted by molar-refractivity contribution is 7.10. The number of thiazole rings is 1. The number of hydrogen-bond donors (Lipinski definition) is 1. The minimum atomic E-state index is -0.207. The first-order chi connectivity index (χ1) is 17.2. The van der Waals surface area contributed by atoms with E-state index in [9.17, 15) is 9.59 Å². The van der Waals surface area contributed by atoms with Gasteiger partial charge in [-0.05, 0) is 43.7 Å². The van der Waals surface area contributed by atoms with Gasteiger partial charge in [0, 0.05) is 49.5 Å². The fraction of sp³-hybridized carbons (Fsp3) is 0.385. The highest BCUT2D eigenvalue weighted by Gasteiger charge is 2.35. The molecule has 4 heterocycles. The highest BCUT2D eigenvalue weighted by Crippen LogP contribution is 2.33. The number of carbonyl (C=O) groups excluding carboxylic acids is 2. The second-order valence-electron chi connectivity index (χ2n) is 8.82. The lowest BCUT2D eigenvalue weighted by molar-refractivity contribution is -0.137. The lowest BCUT2D eigenvalue weighted by Crippen LogP contribution is -2.42. The summed E-state index contributed by atoms with van der Waals surface area (Å²) >= 11 is 1.55. The second kappa shape index (κ2) is 11.0. The van der Waals surface area contributed by atoms with E-state index in [1.165, 1.54) is 0 Å². The van der Waals surface area contributed by atoms with E-state index in [1.807, 2.05) is 57.6 Å². The molecule has 2 unspecified atom stereocenters. The summed E-state index contributed by atoms with van der Waals surface area (Å²) in [5.74, 6) is 0.763. The van der Waals surface area contributed by atoms with Crippen LogP contribution < -0.4 is 10.1 Å². The summed E-state index contributed by atoms with van der Waals surface area (Å²) in [6, 6.07) is 13.0. The Balaban J connectivity index is 1.35. The molecule has 3 aromatic rings. The van der Waals surface area contributed by atoms with Gasteiger partial charge in [-0.2, -0.15) is 0 Å². The number of rotatable bonds is 6. The molecule has 182 valence electrons. The Morgan fingerprint density at radius 1 is 1.06 bits per heavy atom. The molecule has 0 aliphatic carbocycles. The third-order valence-electron chi connectivity index (χ3n) is 6.59. The minimum Gasteiger partial charge on any atom is -0.484 e. The number of ether oxygens (including phenoxy) is 1. The van der Waals surface area contributed by atoms with E-state index in [1.54, 1.807) is 23.7 Å². The predicted octanol–water partition coefficient (Wildman–Crippen LogP) is 3.00. The Hall–Kier alpha value is -3.30. The van der Waals surface area contributed by atoms with Crippen molar-refractivity contribution < 1.29 is 14.3 Å². The van der Waals surface area contributed by atoms with E-state index in [0.29, 0.717) is 31.8 Å². The van der Waals surface area contributed by atoms with Crippen molar-refractivity contribution in [3.63, 3.8) is 0 Å². The van der Waals surface area contributed by atoms with Crippen LogP contribution in [0.15, 0.2) is 60.2 Å². The van der Waals surface area contributed by atoms with Gasteiger partial charge in [0.15, 0.2) is 6.61 Å². The summed E-state index contributed by atoms with van der Waals surface area (Å²) in [7, 11) is 0. The molecule has 8 nitrogen and oxygen atoms in total. The van der Waals surface area contributed by atoms with E-state index in [-0.39, 0.29) is 30.4 Å². The molecule has 0 saturated carbocycles. The Bertz CT molecular complexity index is 1130. The largest absolute Gasteiger partial charge is 0.484 e. The molecular weight excluding hydrogens is 462 g/mol. The monoisotopic (exact) mass is 491 g/mol. The van der Waals surface area contributed by atoms with Gasteiger partial charge in [0.1, 0.15) is 10.8 Å². The molecule has 1 N–H and O–H groups in total. The topological polar surface area (TPSA) is 87.7 Å². The lowest BCUT2D eigenvalue weighted by atomic mass is 10.1. The van der Waals surface area contributed by atoms with Crippen LogP contribution in [0.1, 0.15) is 23.9 Å². The number of carbonyl (C=O) groups is 2. The number of nitrogens with one attached hydrogen (secondary N) is 1. The molecule has 2 fully saturated rings. The minimum absolute atomic E-state index is 0.0234. The summed E-state index contributed by atoms with van der Waals surface area (Å²) in [4.78, 5) is 39.2. The SMILES string of the molecule is O=C(C1CCNC1)N1CCC(c2nc(-c3ccncc3)cs2)N(C(=O)COc2ccccc2)CC1. The molecule has 35 heavy (non-hydrogen) atoms. The number of amides is 2. The average molecular weight is 492 g/mol. The van der Waals surface area contributed by atoms with Crippen LogP contribution in [0.2, 0.25) is 0 Å². The van der Waals surface area contributed by atoms with Crippen molar-refractivity contribution in [2.24, 2.45) is 5.92 Å². The first-order valence-corrected chi connectivity index (χ1v) is 12.9. The Morgan fingerprint density at radius 2 is 1.89 bits per heavy atom. The Labute approximate surface area is 208 Å². The maximum atomic E-state index is 13.4. The first-order valence-electron chi connectivity index (χ1n) is 12.0. The fourth-order valence-corrected chi connectivity index (χ4v) is 5.64. The van der Waals surface area contributed by atoms with Gasteiger partial charge < -0.3 is 19.9 Å². The van der Waals surface area contributed by atoms with Gasteiger partial charge in [0.25, 0.3) is 5.91 Å². The van der Waals surface area contributed by atoms with Crippen LogP contribution in [0.5, 0.6) is 5.75 Å². The zero-order chi connectivity index (χ0) is 24.0. The van der Waals surface area contributed by atoms with Gasteiger partial charge in [-0.15, -0.1) is 11.3 Å². The van der Waals surface area contributed by atoms with Crippen LogP contribution in [0.3, 0.4) is 0 Å². The molecule has 2 aliphatic heterocycles. The maximum Gasteiger partial charge on any atom is 0.261 e. The van der Waals surface area contributed by atoms with Gasteiger partial charge >= 0.3 is 0 Å². The van der Waals surface area contributed by atoms with Crippen molar-refractivity contribution in [3.8, 4) is 17.0 Å². The molecule has 0 spiro atoms. The first kappa shape index (κ1) is 23.4. The van der Waals surface area contributed by atoms with E-state index >= 15 is 0 Å². The molecule has 2 aromatic heterocycles. The molecule has 5 rings (SSSR count). The molecular formula is C26H29N5O3S. The Kier molecular flexibility index (Phi) is 7.34. The zero-order valence-corrected chi connectivity index (χ0v) is 20.3. The lowest BCUT2D eigenvalue weighted by Gasteiger charge is -2.28. The van der Waals surface area contributed by atoms with Crippen LogP contribution in [0, 0.1) is 5.92 Å². The summed E-state index contributed by atoms with van der Waals surface area (Å²) < 4.78 is 5.77. The number of para-hydroxylation sites is 1. The normalized spacial score (nSPS) is 20.5. The molecule has 1 aromatic carbocycles. The van der Waals surface area contributed by atoms with Crippen LogP contribution in [-0.2, 0) is 9.59 Å². The number of pyridine rings is 1. The summed E-state index contributed by atoms with van der Waals surface area (Å²) in [5, 5.41) is 6.18. The third kappa shape index (κ3) is 5.52. The number of benzene rings is 1. The van der Waals surface area contributed by atoms with Gasteiger partial charge in [-0.25, -0.2) is 4.98 Å².